The van der Waals surface area contributed by atoms with Crippen LogP contribution in [-0.4, -0.2) is 39.7 Å². The van der Waals surface area contributed by atoms with Crippen molar-refractivity contribution in [2.24, 2.45) is 5.73 Å². The summed E-state index contributed by atoms with van der Waals surface area (Å²) in [6.45, 7) is 2.97. The highest BCUT2D eigenvalue weighted by Gasteiger charge is 2.42. The molecule has 0 amide bonds. The van der Waals surface area contributed by atoms with Crippen molar-refractivity contribution in [3.05, 3.63) is 29.8 Å². The number of aromatic hydroxyl groups is 1. The van der Waals surface area contributed by atoms with Gasteiger partial charge >= 0.3 is 5.97 Å². The molecule has 1 aromatic carbocycles. The molecule has 0 radical (unpaired) electrons. The van der Waals surface area contributed by atoms with Crippen molar-refractivity contribution in [2.75, 3.05) is 13.1 Å². The molecule has 0 saturated carbocycles. The van der Waals surface area contributed by atoms with Crippen LogP contribution in [0.15, 0.2) is 24.3 Å². The van der Waals surface area contributed by atoms with E-state index in [2.05, 4.69) is 0 Å². The van der Waals surface area contributed by atoms with Crippen LogP contribution in [0.2, 0.25) is 0 Å². The lowest BCUT2D eigenvalue weighted by Crippen LogP contribution is -2.50. The largest absolute Gasteiger partial charge is 0.508 e. The quantitative estimate of drug-likeness (QED) is 0.743. The second-order valence-corrected chi connectivity index (χ2v) is 4.95. The second kappa shape index (κ2) is 4.59. The molecule has 1 saturated heterocycles. The van der Waals surface area contributed by atoms with Crippen LogP contribution in [0, 0.1) is 0 Å². The predicted octanol–water partition coefficient (Wildman–Crippen LogP) is 0.941. The highest BCUT2D eigenvalue weighted by Crippen LogP contribution is 2.29. The fraction of sp³-hybridized carbons (Fsp3) is 0.462. The molecule has 0 bridgehead atoms. The molecule has 2 unspecified atom stereocenters. The highest BCUT2D eigenvalue weighted by molar-refractivity contribution is 5.79. The van der Waals surface area contributed by atoms with Gasteiger partial charge in [-0.25, -0.2) is 0 Å². The van der Waals surface area contributed by atoms with Crippen LogP contribution < -0.4 is 5.73 Å². The van der Waals surface area contributed by atoms with Gasteiger partial charge in [0.1, 0.15) is 11.3 Å². The van der Waals surface area contributed by atoms with Gasteiger partial charge in [-0.2, -0.15) is 0 Å². The molecule has 98 valence electrons. The van der Waals surface area contributed by atoms with Crippen LogP contribution >= 0.6 is 0 Å². The number of nitrogens with zero attached hydrogens (tertiary/aromatic N) is 1. The van der Waals surface area contributed by atoms with E-state index in [0.717, 1.165) is 5.56 Å². The molecule has 1 aromatic rings. The third-order valence-electron chi connectivity index (χ3n) is 3.66. The molecule has 1 fully saturated rings. The fourth-order valence-corrected chi connectivity index (χ4v) is 2.36. The van der Waals surface area contributed by atoms with Crippen molar-refractivity contribution in [2.45, 2.75) is 24.9 Å². The Morgan fingerprint density at radius 1 is 1.56 bits per heavy atom. The number of carbonyl (C=O) groups is 1. The lowest BCUT2D eigenvalue weighted by atomic mass is 10.0. The summed E-state index contributed by atoms with van der Waals surface area (Å²) in [5, 5.41) is 18.6. The number of likely N-dealkylation sites (tertiary alicyclic amines) is 1. The van der Waals surface area contributed by atoms with Gasteiger partial charge in [-0.05, 0) is 31.0 Å². The molecule has 4 N–H and O–H groups in total. The van der Waals surface area contributed by atoms with Gasteiger partial charge in [0.15, 0.2) is 0 Å². The van der Waals surface area contributed by atoms with Gasteiger partial charge in [-0.1, -0.05) is 12.1 Å². The Labute approximate surface area is 106 Å². The van der Waals surface area contributed by atoms with Crippen molar-refractivity contribution in [1.82, 2.24) is 4.90 Å². The van der Waals surface area contributed by atoms with E-state index >= 15 is 0 Å². The van der Waals surface area contributed by atoms with E-state index in [1.807, 2.05) is 17.9 Å². The number of phenols is 1. The van der Waals surface area contributed by atoms with Crippen molar-refractivity contribution in [3.8, 4) is 5.75 Å². The fourth-order valence-electron chi connectivity index (χ4n) is 2.36. The minimum Gasteiger partial charge on any atom is -0.508 e. The summed E-state index contributed by atoms with van der Waals surface area (Å²) >= 11 is 0. The van der Waals surface area contributed by atoms with E-state index in [1.54, 1.807) is 18.2 Å². The molecule has 1 heterocycles. The molecule has 18 heavy (non-hydrogen) atoms. The van der Waals surface area contributed by atoms with Crippen LogP contribution in [0.3, 0.4) is 0 Å². The van der Waals surface area contributed by atoms with Crippen LogP contribution in [0.5, 0.6) is 5.75 Å². The molecule has 2 atom stereocenters. The van der Waals surface area contributed by atoms with Gasteiger partial charge in [0, 0.05) is 19.1 Å². The van der Waals surface area contributed by atoms with E-state index < -0.39 is 11.5 Å². The zero-order valence-corrected chi connectivity index (χ0v) is 10.3. The molecule has 5 heteroatoms. The Balaban J connectivity index is 2.12. The number of nitrogens with two attached hydrogens (primary N) is 1. The highest BCUT2D eigenvalue weighted by atomic mass is 16.4. The lowest BCUT2D eigenvalue weighted by Gasteiger charge is -2.26. The predicted molar refractivity (Wildman–Crippen MR) is 67.3 cm³/mol. The average molecular weight is 250 g/mol. The monoisotopic (exact) mass is 250 g/mol. The number of aliphatic carboxylic acids is 1. The minimum absolute atomic E-state index is 0.0434. The smallest absolute Gasteiger partial charge is 0.325 e. The maximum absolute atomic E-state index is 11.1. The van der Waals surface area contributed by atoms with E-state index in [4.69, 9.17) is 10.8 Å². The molecule has 5 nitrogen and oxygen atoms in total. The molecular weight excluding hydrogens is 232 g/mol. The topological polar surface area (TPSA) is 86.8 Å². The molecular formula is C13H18N2O3. The van der Waals surface area contributed by atoms with Crippen molar-refractivity contribution < 1.29 is 15.0 Å². The third-order valence-corrected chi connectivity index (χ3v) is 3.66. The Morgan fingerprint density at radius 3 is 2.83 bits per heavy atom. The number of hydrogen-bond acceptors (Lipinski definition) is 4. The number of carboxylic acids is 1. The first-order valence-corrected chi connectivity index (χ1v) is 5.98. The summed E-state index contributed by atoms with van der Waals surface area (Å²) in [6.07, 6.45) is 0.450. The number of hydrogen-bond donors (Lipinski definition) is 3. The SMILES string of the molecule is CC(c1cccc(O)c1)N1CCC(N)(C(=O)O)C1. The van der Waals surface area contributed by atoms with Crippen molar-refractivity contribution >= 4 is 5.97 Å². The Morgan fingerprint density at radius 2 is 2.28 bits per heavy atom. The first-order valence-electron chi connectivity index (χ1n) is 5.98. The van der Waals surface area contributed by atoms with Gasteiger partial charge in [-0.3, -0.25) is 9.69 Å². The van der Waals surface area contributed by atoms with Gasteiger partial charge in [0.05, 0.1) is 0 Å². The number of rotatable bonds is 3. The summed E-state index contributed by atoms with van der Waals surface area (Å²) < 4.78 is 0. The third kappa shape index (κ3) is 2.32. The second-order valence-electron chi connectivity index (χ2n) is 4.95. The van der Waals surface area contributed by atoms with E-state index in [-0.39, 0.29) is 11.8 Å². The van der Waals surface area contributed by atoms with Crippen LogP contribution in [0.25, 0.3) is 0 Å². The summed E-state index contributed by atoms with van der Waals surface area (Å²) in [5.41, 5.74) is 5.66. The van der Waals surface area contributed by atoms with E-state index in [1.165, 1.54) is 0 Å². The first-order chi connectivity index (χ1) is 8.42. The maximum Gasteiger partial charge on any atom is 0.325 e. The molecule has 1 aliphatic rings. The van der Waals surface area contributed by atoms with Crippen LogP contribution in [0.1, 0.15) is 24.9 Å². The van der Waals surface area contributed by atoms with Crippen LogP contribution in [-0.2, 0) is 4.79 Å². The van der Waals surface area contributed by atoms with Crippen LogP contribution in [0.4, 0.5) is 0 Å². The lowest BCUT2D eigenvalue weighted by molar-refractivity contribution is -0.142. The summed E-state index contributed by atoms with van der Waals surface area (Å²) in [5.74, 6) is -0.732. The maximum atomic E-state index is 11.1. The summed E-state index contributed by atoms with van der Waals surface area (Å²) in [4.78, 5) is 13.1. The average Bonchev–Trinajstić information content (AvgIpc) is 2.72. The number of benzene rings is 1. The van der Waals surface area contributed by atoms with Gasteiger partial charge in [0.2, 0.25) is 0 Å². The normalized spacial score (nSPS) is 26.1. The van der Waals surface area contributed by atoms with E-state index in [9.17, 15) is 9.90 Å². The zero-order valence-electron chi connectivity index (χ0n) is 10.3. The molecule has 0 aromatic heterocycles. The van der Waals surface area contributed by atoms with Crippen molar-refractivity contribution in [1.29, 1.82) is 0 Å². The summed E-state index contributed by atoms with van der Waals surface area (Å²) in [6, 6.07) is 7.06. The van der Waals surface area contributed by atoms with Gasteiger partial charge in [0.25, 0.3) is 0 Å². The molecule has 1 aliphatic heterocycles. The first kappa shape index (κ1) is 12.9. The zero-order chi connectivity index (χ0) is 13.3. The van der Waals surface area contributed by atoms with Crippen molar-refractivity contribution in [3.63, 3.8) is 0 Å². The number of carboxylic acid groups (broad SMARTS) is 1. The standard InChI is InChI=1S/C13H18N2O3/c1-9(10-3-2-4-11(16)7-10)15-6-5-13(14,8-15)12(17)18/h2-4,7,9,16H,5-6,8,14H2,1H3,(H,17,18). The van der Waals surface area contributed by atoms with Gasteiger partial charge < -0.3 is 15.9 Å². The summed E-state index contributed by atoms with van der Waals surface area (Å²) in [7, 11) is 0. The van der Waals surface area contributed by atoms with E-state index in [0.29, 0.717) is 19.5 Å². The molecule has 0 aliphatic carbocycles. The molecule has 0 spiro atoms. The Hall–Kier alpha value is -1.59. The number of phenolic OH excluding ortho intramolecular Hbond substituents is 1. The Kier molecular flexibility index (Phi) is 3.28. The molecule has 2 rings (SSSR count). The Bertz CT molecular complexity index is 463. The minimum atomic E-state index is -1.15. The van der Waals surface area contributed by atoms with Gasteiger partial charge in [-0.15, -0.1) is 0 Å².